The van der Waals surface area contributed by atoms with Crippen molar-refractivity contribution >= 4 is 12.3 Å². The van der Waals surface area contributed by atoms with E-state index in [-0.39, 0.29) is 54.6 Å². The third-order valence-electron chi connectivity index (χ3n) is 28.7. The topological polar surface area (TPSA) is 157 Å². The fourth-order valence-electron chi connectivity index (χ4n) is 25.5. The van der Waals surface area contributed by atoms with Crippen molar-refractivity contribution < 1.29 is 39.9 Å². The van der Waals surface area contributed by atoms with E-state index in [0.29, 0.717) is 87.4 Å². The number of ether oxygens (including phenoxy) is 1. The highest BCUT2D eigenvalue weighted by atomic mass is 16.5. The zero-order valence-electron chi connectivity index (χ0n) is 50.1. The number of aldehydes is 1. The van der Waals surface area contributed by atoms with Crippen molar-refractivity contribution in [3.8, 4) is 11.8 Å². The van der Waals surface area contributed by atoms with Gasteiger partial charge in [-0.1, -0.05) is 105 Å². The number of hydrogen-bond donors (Lipinski definition) is 6. The molecule has 3 spiro atoms. The molecule has 15 aliphatic carbocycles. The number of nitrogens with one attached hydrogen (secondary N) is 1. The summed E-state index contributed by atoms with van der Waals surface area (Å²) in [5.74, 6) is 7.71. The van der Waals surface area contributed by atoms with Gasteiger partial charge < -0.3 is 40.4 Å². The molecule has 0 aromatic heterocycles. The Labute approximate surface area is 499 Å². The van der Waals surface area contributed by atoms with Crippen LogP contribution in [0.4, 0.5) is 0 Å². The van der Waals surface area contributed by atoms with Crippen LogP contribution >= 0.6 is 0 Å². The minimum atomic E-state index is -1.79. The van der Waals surface area contributed by atoms with E-state index in [1.54, 1.807) is 6.08 Å². The average Bonchev–Trinajstić information content (AvgIpc) is 1.21. The summed E-state index contributed by atoms with van der Waals surface area (Å²) in [6.45, 7) is 2.33. The maximum Gasteiger partial charge on any atom is 0.331 e. The quantitative estimate of drug-likeness (QED) is 0.0832. The summed E-state index contributed by atoms with van der Waals surface area (Å²) in [4.78, 5) is 29.9. The molecule has 446 valence electrons. The monoisotopic (exact) mass is 1140 g/mol. The lowest BCUT2D eigenvalue weighted by molar-refractivity contribution is -0.358. The minimum absolute atomic E-state index is 0.116. The van der Waals surface area contributed by atoms with Crippen molar-refractivity contribution in [2.45, 2.75) is 215 Å². The fraction of sp³-hybridized carbons (Fsp3) is 0.680. The largest absolute Gasteiger partial charge is 0.454 e. The first kappa shape index (κ1) is 55.2. The highest BCUT2D eigenvalue weighted by molar-refractivity contribution is 5.86. The maximum absolute atomic E-state index is 15.7. The molecule has 0 unspecified atom stereocenters. The summed E-state index contributed by atoms with van der Waals surface area (Å²) in [7, 11) is 1.99. The first-order valence-electron chi connectivity index (χ1n) is 33.9. The van der Waals surface area contributed by atoms with E-state index in [1.165, 1.54) is 47.9 Å². The highest BCUT2D eigenvalue weighted by Crippen LogP contribution is 2.81. The Balaban J connectivity index is 0.923. The van der Waals surface area contributed by atoms with Gasteiger partial charge in [-0.25, -0.2) is 4.79 Å². The molecule has 17 bridgehead atoms. The molecule has 1 aliphatic heterocycles. The average molecular weight is 1140 g/mol. The van der Waals surface area contributed by atoms with E-state index in [2.05, 4.69) is 78.7 Å². The van der Waals surface area contributed by atoms with Gasteiger partial charge in [0.1, 0.15) is 18.0 Å². The Morgan fingerprint density at radius 2 is 1.58 bits per heavy atom. The summed E-state index contributed by atoms with van der Waals surface area (Å²) >= 11 is 0. The lowest BCUT2D eigenvalue weighted by Crippen LogP contribution is -2.82. The molecule has 19 rings (SSSR count). The Morgan fingerprint density at radius 1 is 0.786 bits per heavy atom. The van der Waals surface area contributed by atoms with Crippen molar-refractivity contribution in [2.75, 3.05) is 7.05 Å². The molecule has 9 heteroatoms. The van der Waals surface area contributed by atoms with Gasteiger partial charge in [-0.2, -0.15) is 0 Å². The van der Waals surface area contributed by atoms with Gasteiger partial charge in [-0.3, -0.25) is 0 Å². The van der Waals surface area contributed by atoms with Gasteiger partial charge in [0, 0.05) is 51.7 Å². The molecule has 9 nitrogen and oxygen atoms in total. The number of benzene rings is 3. The van der Waals surface area contributed by atoms with Crippen LogP contribution in [0.5, 0.6) is 0 Å². The molecule has 0 radical (unpaired) electrons. The summed E-state index contributed by atoms with van der Waals surface area (Å²) < 4.78 is 6.60. The third kappa shape index (κ3) is 7.61. The summed E-state index contributed by atoms with van der Waals surface area (Å²) in [5.41, 5.74) is 0.394. The van der Waals surface area contributed by atoms with Gasteiger partial charge in [-0.05, 0) is 246 Å². The number of carbonyl (C=O) groups excluding carboxylic acids is 2. The summed E-state index contributed by atoms with van der Waals surface area (Å²) in [6.07, 6.45) is 21.4. The van der Waals surface area contributed by atoms with Crippen LogP contribution in [0.3, 0.4) is 0 Å². The number of esters is 1. The Hall–Kier alpha value is -4.14. The molecule has 3 aromatic carbocycles. The Morgan fingerprint density at radius 3 is 2.40 bits per heavy atom. The van der Waals surface area contributed by atoms with Gasteiger partial charge in [0.25, 0.3) is 0 Å². The molecule has 0 amide bonds. The van der Waals surface area contributed by atoms with E-state index >= 15 is 15.0 Å². The van der Waals surface area contributed by atoms with Crippen LogP contribution in [0.2, 0.25) is 0 Å². The predicted octanol–water partition coefficient (Wildman–Crippen LogP) is 11.3. The lowest BCUT2D eigenvalue weighted by Gasteiger charge is -2.74. The molecule has 16 aliphatic rings. The van der Waals surface area contributed by atoms with Gasteiger partial charge in [0.2, 0.25) is 0 Å². The summed E-state index contributed by atoms with van der Waals surface area (Å²) in [5, 5.41) is 74.2. The van der Waals surface area contributed by atoms with Gasteiger partial charge in [0.15, 0.2) is 0 Å². The number of hydrogen-bond acceptors (Lipinski definition) is 9. The molecule has 0 saturated heterocycles. The number of aliphatic hydroxyl groups excluding tert-OH is 2. The zero-order valence-corrected chi connectivity index (χ0v) is 50.1. The molecule has 10 fully saturated rings. The van der Waals surface area contributed by atoms with Crippen molar-refractivity contribution in [3.63, 3.8) is 0 Å². The molecule has 22 atom stereocenters. The molecule has 10 saturated carbocycles. The van der Waals surface area contributed by atoms with E-state index in [1.807, 2.05) is 19.2 Å². The van der Waals surface area contributed by atoms with Gasteiger partial charge in [0.05, 0.1) is 29.3 Å². The second-order valence-electron chi connectivity index (χ2n) is 31.6. The number of likely N-dealkylation sites (N-methyl/N-ethyl adjacent to an activating group) is 1. The van der Waals surface area contributed by atoms with Gasteiger partial charge in [-0.15, -0.1) is 0 Å². The first-order chi connectivity index (χ1) is 40.6. The maximum atomic E-state index is 15.7. The highest BCUT2D eigenvalue weighted by Gasteiger charge is 2.85. The standard InChI is InChI=1S/C75H93NO8/c1-44(49-11-3-4-12-49)51-16-19-62-68(80)70-26-22-54-32-53(17-18-61(54)70)52-14-6-10-47(31-52)29-45-8-5-9-46(28-45)30-48-20-24-69(37-48)25-21-50-13-7-15-55(40-77)58(50)35-63(76-2)59-34-56-38-74(82)71(41-69,66(56)60-36-65(79)84-67(59)60)27-23-64-72(42-70,43-78)75(62,83)57(33-51)39-73(64,74)81/h5-10,13-15,28,31,36,43-44,48-49,51,53-54,56-57,59,61-64,66-68,76-77,80-83H,3-4,11-12,16-20,22-24,26-27,29-30,32-35,37-42H2,1-2H3/t44-,48-,51-,53+,54-,56+,57-,59-,61+,62+,63+,64+,66+,67+,68+,69-,70-,71-,72-,73-,74+,75-/m0/s1. The molecular formula is C75H93NO8. The SMILES string of the molecule is CN[C@@H]1Cc2c(cccc2CO)C#C[C@]23CC[C@@H](Cc4cccc(c4)Cc4cccc(c4)[C@@H]4CC[C@@H]5[C@@H](CC[C@]56C[C@]5(C=O)[C@H]7CC[C@]8(C2)[C@H]2C9=CC(=O)O[C@@H]9[C@H]1C[C@@H]2C[C@]8(O)[C@]7(O)C[C@@H]1C[C@@H]([C@@H](C)C2CCCC2)CC[C@H]([C@H]6O)[C@@]15O)C4)C3. The number of carbonyl (C=O) groups is 2. The predicted molar refractivity (Wildman–Crippen MR) is 322 cm³/mol. The van der Waals surface area contributed by atoms with Crippen LogP contribution in [0.15, 0.2) is 78.4 Å². The van der Waals surface area contributed by atoms with Crippen LogP contribution in [-0.4, -0.2) is 79.9 Å². The zero-order chi connectivity index (χ0) is 57.3. The van der Waals surface area contributed by atoms with Crippen molar-refractivity contribution in [2.24, 2.45) is 92.7 Å². The van der Waals surface area contributed by atoms with Crippen LogP contribution in [0.1, 0.15) is 193 Å². The normalized spacial score (nSPS) is 47.1. The second-order valence-corrected chi connectivity index (χ2v) is 31.6. The number of aliphatic hydroxyl groups is 5. The van der Waals surface area contributed by atoms with Crippen molar-refractivity contribution in [1.29, 1.82) is 0 Å². The summed E-state index contributed by atoms with van der Waals surface area (Å²) in [6, 6.07) is 24.6. The lowest BCUT2D eigenvalue weighted by atomic mass is 9.32. The van der Waals surface area contributed by atoms with E-state index in [4.69, 9.17) is 4.74 Å². The smallest absolute Gasteiger partial charge is 0.331 e. The molecule has 84 heavy (non-hydrogen) atoms. The van der Waals surface area contributed by atoms with Crippen LogP contribution in [0.25, 0.3) is 0 Å². The molecule has 6 N–H and O–H groups in total. The van der Waals surface area contributed by atoms with Crippen molar-refractivity contribution in [3.05, 3.63) is 117 Å². The Kier molecular flexibility index (Phi) is 12.9. The van der Waals surface area contributed by atoms with E-state index in [9.17, 15) is 20.1 Å². The minimum Gasteiger partial charge on any atom is -0.454 e. The fourth-order valence-corrected chi connectivity index (χ4v) is 25.5. The van der Waals surface area contributed by atoms with E-state index in [0.717, 1.165) is 99.2 Å². The Bertz CT molecular complexity index is 3240. The second kappa shape index (κ2) is 19.7. The van der Waals surface area contributed by atoms with Crippen LogP contribution in [0, 0.1) is 105 Å². The van der Waals surface area contributed by atoms with E-state index < -0.39 is 68.4 Å². The third-order valence-corrected chi connectivity index (χ3v) is 28.7. The van der Waals surface area contributed by atoms with Crippen LogP contribution in [-0.2, 0) is 40.2 Å². The van der Waals surface area contributed by atoms with Crippen LogP contribution < -0.4 is 5.32 Å². The van der Waals surface area contributed by atoms with Crippen molar-refractivity contribution in [1.82, 2.24) is 5.32 Å². The number of fused-ring (bicyclic) bond motifs is 1. The molecule has 1 heterocycles. The molecule has 3 aromatic rings. The molecular weight excluding hydrogens is 1040 g/mol. The van der Waals surface area contributed by atoms with Gasteiger partial charge >= 0.3 is 5.97 Å². The first-order valence-corrected chi connectivity index (χ1v) is 33.9. The number of rotatable bonds is 5.